The van der Waals surface area contributed by atoms with Crippen molar-refractivity contribution in [3.63, 3.8) is 0 Å². The number of aryl methyl sites for hydroxylation is 1. The van der Waals surface area contributed by atoms with E-state index in [0.717, 1.165) is 12.1 Å². The Labute approximate surface area is 107 Å². The summed E-state index contributed by atoms with van der Waals surface area (Å²) in [6.07, 6.45) is 0. The van der Waals surface area contributed by atoms with E-state index in [9.17, 15) is 13.6 Å². The van der Waals surface area contributed by atoms with Crippen LogP contribution in [0.15, 0.2) is 29.1 Å². The molecule has 0 aliphatic carbocycles. The molecule has 0 fully saturated rings. The van der Waals surface area contributed by atoms with E-state index in [4.69, 9.17) is 11.6 Å². The fraction of sp³-hybridized carbons (Fsp3) is 0.167. The van der Waals surface area contributed by atoms with Crippen molar-refractivity contribution in [1.82, 2.24) is 9.55 Å². The van der Waals surface area contributed by atoms with Gasteiger partial charge in [-0.25, -0.2) is 13.8 Å². The van der Waals surface area contributed by atoms with Crippen LogP contribution in [0, 0.1) is 18.6 Å². The van der Waals surface area contributed by atoms with Crippen LogP contribution in [0.1, 0.15) is 11.4 Å². The SMILES string of the molecule is Cc1nc(Cl)cc(=O)n1Cc1cccc(F)c1F. The summed E-state index contributed by atoms with van der Waals surface area (Å²) in [6.45, 7) is 1.49. The first-order chi connectivity index (χ1) is 8.49. The lowest BCUT2D eigenvalue weighted by Gasteiger charge is -2.10. The molecule has 1 aromatic heterocycles. The highest BCUT2D eigenvalue weighted by molar-refractivity contribution is 6.29. The van der Waals surface area contributed by atoms with E-state index in [-0.39, 0.29) is 17.3 Å². The second-order valence-corrected chi connectivity index (χ2v) is 4.15. The fourth-order valence-electron chi connectivity index (χ4n) is 1.62. The van der Waals surface area contributed by atoms with Gasteiger partial charge in [-0.15, -0.1) is 0 Å². The smallest absolute Gasteiger partial charge is 0.255 e. The van der Waals surface area contributed by atoms with E-state index < -0.39 is 17.2 Å². The lowest BCUT2D eigenvalue weighted by molar-refractivity contribution is 0.493. The Hall–Kier alpha value is -1.75. The zero-order chi connectivity index (χ0) is 13.3. The number of benzene rings is 1. The van der Waals surface area contributed by atoms with Crippen LogP contribution < -0.4 is 5.56 Å². The Morgan fingerprint density at radius 1 is 1.39 bits per heavy atom. The van der Waals surface area contributed by atoms with Crippen molar-refractivity contribution in [2.45, 2.75) is 13.5 Å². The first-order valence-corrected chi connectivity index (χ1v) is 5.53. The highest BCUT2D eigenvalue weighted by Crippen LogP contribution is 2.13. The van der Waals surface area contributed by atoms with Crippen molar-refractivity contribution in [2.75, 3.05) is 0 Å². The van der Waals surface area contributed by atoms with Crippen LogP contribution in [0.2, 0.25) is 5.15 Å². The monoisotopic (exact) mass is 270 g/mol. The molecule has 0 aliphatic heterocycles. The molecule has 0 saturated carbocycles. The van der Waals surface area contributed by atoms with Crippen LogP contribution in [-0.4, -0.2) is 9.55 Å². The second-order valence-electron chi connectivity index (χ2n) is 3.76. The Morgan fingerprint density at radius 2 is 2.11 bits per heavy atom. The molecule has 0 aliphatic rings. The van der Waals surface area contributed by atoms with E-state index in [1.807, 2.05) is 0 Å². The summed E-state index contributed by atoms with van der Waals surface area (Å²) in [5, 5.41) is 0.0773. The molecule has 2 aromatic rings. The minimum absolute atomic E-state index is 0.0773. The van der Waals surface area contributed by atoms with Gasteiger partial charge < -0.3 is 0 Å². The van der Waals surface area contributed by atoms with Crippen molar-refractivity contribution >= 4 is 11.6 Å². The van der Waals surface area contributed by atoms with Crippen molar-refractivity contribution in [3.8, 4) is 0 Å². The molecule has 6 heteroatoms. The number of nitrogens with zero attached hydrogens (tertiary/aromatic N) is 2. The van der Waals surface area contributed by atoms with Crippen LogP contribution in [-0.2, 0) is 6.54 Å². The average molecular weight is 271 g/mol. The van der Waals surface area contributed by atoms with Gasteiger partial charge in [-0.3, -0.25) is 9.36 Å². The van der Waals surface area contributed by atoms with Crippen molar-refractivity contribution < 1.29 is 8.78 Å². The van der Waals surface area contributed by atoms with Gasteiger partial charge >= 0.3 is 0 Å². The van der Waals surface area contributed by atoms with Gasteiger partial charge in [-0.05, 0) is 13.0 Å². The number of aromatic nitrogens is 2. The molecule has 0 N–H and O–H groups in total. The topological polar surface area (TPSA) is 34.9 Å². The molecule has 1 heterocycles. The third kappa shape index (κ3) is 2.41. The summed E-state index contributed by atoms with van der Waals surface area (Å²) in [5.41, 5.74) is -0.319. The summed E-state index contributed by atoms with van der Waals surface area (Å²) in [7, 11) is 0. The number of hydrogen-bond acceptors (Lipinski definition) is 2. The van der Waals surface area contributed by atoms with E-state index in [1.165, 1.54) is 16.7 Å². The van der Waals surface area contributed by atoms with Crippen molar-refractivity contribution in [3.05, 3.63) is 62.8 Å². The van der Waals surface area contributed by atoms with Crippen molar-refractivity contribution in [1.29, 1.82) is 0 Å². The van der Waals surface area contributed by atoms with E-state index >= 15 is 0 Å². The third-order valence-corrected chi connectivity index (χ3v) is 2.72. The van der Waals surface area contributed by atoms with Gasteiger partial charge in [0.1, 0.15) is 11.0 Å². The first kappa shape index (κ1) is 12.7. The largest absolute Gasteiger partial charge is 0.292 e. The molecule has 0 bridgehead atoms. The second kappa shape index (κ2) is 4.86. The molecular formula is C12H9ClF2N2O. The Morgan fingerprint density at radius 3 is 2.78 bits per heavy atom. The minimum atomic E-state index is -0.959. The Bertz CT molecular complexity index is 655. The fourth-order valence-corrected chi connectivity index (χ4v) is 1.84. The summed E-state index contributed by atoms with van der Waals surface area (Å²) >= 11 is 5.62. The molecule has 1 aromatic carbocycles. The quantitative estimate of drug-likeness (QED) is 0.786. The highest BCUT2D eigenvalue weighted by Gasteiger charge is 2.11. The zero-order valence-electron chi connectivity index (χ0n) is 9.45. The van der Waals surface area contributed by atoms with Gasteiger partial charge in [-0.2, -0.15) is 0 Å². The van der Waals surface area contributed by atoms with E-state index in [2.05, 4.69) is 4.98 Å². The third-order valence-electron chi connectivity index (χ3n) is 2.53. The van der Waals surface area contributed by atoms with E-state index in [0.29, 0.717) is 5.82 Å². The van der Waals surface area contributed by atoms with Gasteiger partial charge in [0, 0.05) is 11.6 Å². The van der Waals surface area contributed by atoms with Gasteiger partial charge in [0.2, 0.25) is 0 Å². The molecule has 0 amide bonds. The van der Waals surface area contributed by atoms with Crippen LogP contribution in [0.25, 0.3) is 0 Å². The van der Waals surface area contributed by atoms with Gasteiger partial charge in [-0.1, -0.05) is 23.7 Å². The Balaban J connectivity index is 2.47. The molecule has 3 nitrogen and oxygen atoms in total. The number of halogens is 3. The predicted octanol–water partition coefficient (Wildman–Crippen LogP) is 2.53. The van der Waals surface area contributed by atoms with E-state index in [1.54, 1.807) is 6.92 Å². The minimum Gasteiger partial charge on any atom is -0.292 e. The summed E-state index contributed by atoms with van der Waals surface area (Å²) < 4.78 is 27.8. The predicted molar refractivity (Wildman–Crippen MR) is 63.7 cm³/mol. The molecule has 18 heavy (non-hydrogen) atoms. The molecule has 2 rings (SSSR count). The number of hydrogen-bond donors (Lipinski definition) is 0. The zero-order valence-corrected chi connectivity index (χ0v) is 10.2. The van der Waals surface area contributed by atoms with Crippen LogP contribution in [0.5, 0.6) is 0 Å². The standard InChI is InChI=1S/C12H9ClF2N2O/c1-7-16-10(13)5-11(18)17(7)6-8-3-2-4-9(14)12(8)15/h2-5H,6H2,1H3. The first-order valence-electron chi connectivity index (χ1n) is 5.16. The lowest BCUT2D eigenvalue weighted by Crippen LogP contribution is -2.24. The highest BCUT2D eigenvalue weighted by atomic mass is 35.5. The normalized spacial score (nSPS) is 10.7. The maximum atomic E-state index is 13.5. The summed E-state index contributed by atoms with van der Waals surface area (Å²) in [5.74, 6) is -1.56. The Kier molecular flexibility index (Phi) is 3.43. The molecule has 0 unspecified atom stereocenters. The number of rotatable bonds is 2. The molecular weight excluding hydrogens is 262 g/mol. The van der Waals surface area contributed by atoms with Gasteiger partial charge in [0.05, 0.1) is 6.54 Å². The molecule has 0 saturated heterocycles. The van der Waals surface area contributed by atoms with Crippen LogP contribution in [0.4, 0.5) is 8.78 Å². The lowest BCUT2D eigenvalue weighted by atomic mass is 10.2. The summed E-state index contributed by atoms with van der Waals surface area (Å²) in [6, 6.07) is 4.96. The molecule has 0 spiro atoms. The molecule has 94 valence electrons. The van der Waals surface area contributed by atoms with Gasteiger partial charge in [0.15, 0.2) is 11.6 Å². The molecule has 0 radical (unpaired) electrons. The maximum Gasteiger partial charge on any atom is 0.255 e. The van der Waals surface area contributed by atoms with Crippen LogP contribution in [0.3, 0.4) is 0 Å². The van der Waals surface area contributed by atoms with Gasteiger partial charge in [0.25, 0.3) is 5.56 Å². The van der Waals surface area contributed by atoms with Crippen LogP contribution >= 0.6 is 11.6 Å². The average Bonchev–Trinajstić information content (AvgIpc) is 2.28. The van der Waals surface area contributed by atoms with Crippen molar-refractivity contribution in [2.24, 2.45) is 0 Å². The maximum absolute atomic E-state index is 13.5. The summed E-state index contributed by atoms with van der Waals surface area (Å²) in [4.78, 5) is 15.6. The molecule has 0 atom stereocenters.